The van der Waals surface area contributed by atoms with Gasteiger partial charge in [-0.2, -0.15) is 0 Å². The minimum Gasteiger partial charge on any atom is -0.289 e. The molecule has 0 amide bonds. The minimum absolute atomic E-state index is 0.300. The summed E-state index contributed by atoms with van der Waals surface area (Å²) in [6, 6.07) is 0.301. The van der Waals surface area contributed by atoms with E-state index in [0.29, 0.717) is 23.1 Å². The van der Waals surface area contributed by atoms with Crippen LogP contribution in [-0.2, 0) is 0 Å². The molecule has 0 aromatic heterocycles. The third kappa shape index (κ3) is 2.11. The molecule has 0 saturated carbocycles. The highest BCUT2D eigenvalue weighted by Gasteiger charge is 2.39. The number of hydrogen-bond donors (Lipinski definition) is 1. The normalized spacial score (nSPS) is 36.0. The molecular formula is C16H21N3S. The van der Waals surface area contributed by atoms with Crippen LogP contribution in [0.25, 0.3) is 0 Å². The molecule has 2 aliphatic heterocycles. The summed E-state index contributed by atoms with van der Waals surface area (Å²) >= 11 is 1.43. The summed E-state index contributed by atoms with van der Waals surface area (Å²) in [7, 11) is 0. The fraction of sp³-hybridized carbons (Fsp3) is 0.500. The fourth-order valence-corrected chi connectivity index (χ4v) is 4.19. The van der Waals surface area contributed by atoms with Gasteiger partial charge in [-0.1, -0.05) is 31.0 Å². The Bertz CT molecular complexity index is 568. The van der Waals surface area contributed by atoms with Crippen LogP contribution in [0.2, 0.25) is 0 Å². The van der Waals surface area contributed by atoms with Gasteiger partial charge in [0.25, 0.3) is 0 Å². The van der Waals surface area contributed by atoms with Crippen molar-refractivity contribution in [1.29, 1.82) is 0 Å². The third-order valence-electron chi connectivity index (χ3n) is 4.59. The summed E-state index contributed by atoms with van der Waals surface area (Å²) in [5, 5.41) is 6.23. The second kappa shape index (κ2) is 5.34. The van der Waals surface area contributed by atoms with Crippen LogP contribution in [0.3, 0.4) is 0 Å². The highest BCUT2D eigenvalue weighted by Crippen LogP contribution is 2.42. The summed E-state index contributed by atoms with van der Waals surface area (Å²) < 4.78 is 0. The zero-order valence-electron chi connectivity index (χ0n) is 12.2. The zero-order valence-corrected chi connectivity index (χ0v) is 13.0. The monoisotopic (exact) mass is 287 g/mol. The topological polar surface area (TPSA) is 50.7 Å². The lowest BCUT2D eigenvalue weighted by molar-refractivity contribution is 0.399. The molecule has 0 aromatic rings. The number of fused-ring (bicyclic) bond motifs is 1. The maximum Gasteiger partial charge on any atom is 0.0642 e. The number of allylic oxidation sites excluding steroid dienone is 2. The van der Waals surface area contributed by atoms with Gasteiger partial charge in [-0.3, -0.25) is 15.1 Å². The van der Waals surface area contributed by atoms with E-state index in [2.05, 4.69) is 37.9 Å². The van der Waals surface area contributed by atoms with Crippen LogP contribution in [0.15, 0.2) is 44.9 Å². The lowest BCUT2D eigenvalue weighted by atomic mass is 9.73. The highest BCUT2D eigenvalue weighted by atomic mass is 32.2. The van der Waals surface area contributed by atoms with Crippen molar-refractivity contribution in [3.05, 3.63) is 34.9 Å². The molecule has 0 bridgehead atoms. The average Bonchev–Trinajstić information content (AvgIpc) is 2.79. The van der Waals surface area contributed by atoms with Crippen molar-refractivity contribution in [2.45, 2.75) is 32.1 Å². The van der Waals surface area contributed by atoms with E-state index >= 15 is 0 Å². The zero-order chi connectivity index (χ0) is 14.3. The van der Waals surface area contributed by atoms with Crippen LogP contribution in [0.1, 0.15) is 20.8 Å². The Morgan fingerprint density at radius 3 is 2.80 bits per heavy atom. The smallest absolute Gasteiger partial charge is 0.0642 e. The van der Waals surface area contributed by atoms with E-state index in [1.54, 1.807) is 0 Å². The molecule has 0 aromatic carbocycles. The number of nitrogens with two attached hydrogens (primary N) is 1. The molecule has 3 rings (SSSR count). The Hall–Kier alpha value is -1.13. The van der Waals surface area contributed by atoms with E-state index < -0.39 is 0 Å². The molecule has 3 nitrogen and oxygen atoms in total. The number of rotatable bonds is 2. The first-order valence-electron chi connectivity index (χ1n) is 7.12. The molecule has 106 valence electrons. The first kappa shape index (κ1) is 13.8. The van der Waals surface area contributed by atoms with Crippen LogP contribution >= 0.6 is 11.9 Å². The molecule has 0 fully saturated rings. The molecule has 3 aliphatic rings. The van der Waals surface area contributed by atoms with Gasteiger partial charge in [0.1, 0.15) is 0 Å². The van der Waals surface area contributed by atoms with Gasteiger partial charge in [0.05, 0.1) is 12.6 Å². The number of dihydropyridines is 1. The summed E-state index contributed by atoms with van der Waals surface area (Å²) in [6.45, 7) is 7.41. The second-order valence-electron chi connectivity index (χ2n) is 5.82. The van der Waals surface area contributed by atoms with Gasteiger partial charge in [-0.25, -0.2) is 0 Å². The van der Waals surface area contributed by atoms with Gasteiger partial charge in [-0.05, 0) is 36.6 Å². The molecule has 4 atom stereocenters. The minimum atomic E-state index is 0.300. The van der Waals surface area contributed by atoms with Crippen molar-refractivity contribution < 1.29 is 0 Å². The van der Waals surface area contributed by atoms with Crippen molar-refractivity contribution in [3.8, 4) is 0 Å². The van der Waals surface area contributed by atoms with Crippen LogP contribution in [0.4, 0.5) is 0 Å². The predicted molar refractivity (Wildman–Crippen MR) is 88.4 cm³/mol. The van der Waals surface area contributed by atoms with Gasteiger partial charge >= 0.3 is 0 Å². The third-order valence-corrected chi connectivity index (χ3v) is 5.35. The maximum atomic E-state index is 5.93. The molecule has 4 heteroatoms. The van der Waals surface area contributed by atoms with Gasteiger partial charge < -0.3 is 0 Å². The maximum absolute atomic E-state index is 5.93. The Morgan fingerprint density at radius 2 is 2.15 bits per heavy atom. The standard InChI is InChI=1S/C16H21N3S/c1-9-8-19-11(3)15(9)13-7-14(20-17)12-5-4-6-18-16(12)10(13)2/h4-7,10,12,14,16H,8,17H2,1-3H3/t10-,12?,14?,16?/m1/s1. The summed E-state index contributed by atoms with van der Waals surface area (Å²) in [5.74, 6) is 0.825. The van der Waals surface area contributed by atoms with E-state index in [9.17, 15) is 0 Å². The number of hydrogen-bond acceptors (Lipinski definition) is 4. The van der Waals surface area contributed by atoms with Crippen LogP contribution < -0.4 is 5.14 Å². The Labute approximate surface area is 125 Å². The second-order valence-corrected chi connectivity index (χ2v) is 6.64. The molecular weight excluding hydrogens is 266 g/mol. The van der Waals surface area contributed by atoms with E-state index in [1.807, 2.05) is 12.3 Å². The Balaban J connectivity index is 2.05. The van der Waals surface area contributed by atoms with Gasteiger partial charge in [-0.15, -0.1) is 0 Å². The van der Waals surface area contributed by atoms with E-state index in [4.69, 9.17) is 10.1 Å². The number of aliphatic imine (C=N–C) groups is 2. The average molecular weight is 287 g/mol. The molecule has 20 heavy (non-hydrogen) atoms. The van der Waals surface area contributed by atoms with Crippen molar-refractivity contribution in [3.63, 3.8) is 0 Å². The lowest BCUT2D eigenvalue weighted by Crippen LogP contribution is -2.39. The van der Waals surface area contributed by atoms with Crippen molar-refractivity contribution >= 4 is 23.9 Å². The van der Waals surface area contributed by atoms with Crippen LogP contribution in [0.5, 0.6) is 0 Å². The first-order valence-corrected chi connectivity index (χ1v) is 8.06. The van der Waals surface area contributed by atoms with Gasteiger partial charge in [0.15, 0.2) is 0 Å². The van der Waals surface area contributed by atoms with Crippen LogP contribution in [-0.4, -0.2) is 29.8 Å². The van der Waals surface area contributed by atoms with E-state index in [0.717, 1.165) is 12.3 Å². The highest BCUT2D eigenvalue weighted by molar-refractivity contribution is 7.97. The Morgan fingerprint density at radius 1 is 1.35 bits per heavy atom. The number of nitrogens with zero attached hydrogens (tertiary/aromatic N) is 2. The fourth-order valence-electron chi connectivity index (χ4n) is 3.53. The molecule has 2 heterocycles. The SMILES string of the molecule is CC1=NCC(C)=C1C1=CC(SN)C2C=CC=NC2[C@@H]1C. The molecule has 2 N–H and O–H groups in total. The summed E-state index contributed by atoms with van der Waals surface area (Å²) in [6.07, 6.45) is 8.58. The first-order chi connectivity index (χ1) is 9.63. The van der Waals surface area contributed by atoms with Crippen LogP contribution in [0, 0.1) is 11.8 Å². The van der Waals surface area contributed by atoms with Crippen molar-refractivity contribution in [2.24, 2.45) is 27.0 Å². The quantitative estimate of drug-likeness (QED) is 0.794. The van der Waals surface area contributed by atoms with Gasteiger partial charge in [0, 0.05) is 29.0 Å². The van der Waals surface area contributed by atoms with Crippen molar-refractivity contribution in [2.75, 3.05) is 6.54 Å². The molecule has 1 aliphatic carbocycles. The lowest BCUT2D eigenvalue weighted by Gasteiger charge is -2.39. The largest absolute Gasteiger partial charge is 0.289 e. The van der Waals surface area contributed by atoms with Gasteiger partial charge in [0.2, 0.25) is 0 Å². The van der Waals surface area contributed by atoms with E-state index in [1.165, 1.54) is 28.7 Å². The molecule has 0 spiro atoms. The molecule has 3 unspecified atom stereocenters. The summed E-state index contributed by atoms with van der Waals surface area (Å²) in [5.41, 5.74) is 5.27. The predicted octanol–water partition coefficient (Wildman–Crippen LogP) is 2.95. The van der Waals surface area contributed by atoms with E-state index in [-0.39, 0.29) is 0 Å². The summed E-state index contributed by atoms with van der Waals surface area (Å²) in [4.78, 5) is 9.29. The Kier molecular flexibility index (Phi) is 3.69. The molecule has 0 saturated heterocycles. The molecule has 0 radical (unpaired) electrons. The van der Waals surface area contributed by atoms with Crippen molar-refractivity contribution in [1.82, 2.24) is 0 Å².